The number of benzene rings is 1. The molecular formula is C15H20F2N2O2. The average Bonchev–Trinajstić information content (AvgIpc) is 2.47. The van der Waals surface area contributed by atoms with E-state index < -0.39 is 6.61 Å². The molecule has 0 unspecified atom stereocenters. The number of rotatable bonds is 6. The lowest BCUT2D eigenvalue weighted by Gasteiger charge is -2.21. The summed E-state index contributed by atoms with van der Waals surface area (Å²) in [6.45, 7) is -0.466. The number of piperidine rings is 1. The van der Waals surface area contributed by atoms with Gasteiger partial charge in [0.15, 0.2) is 0 Å². The molecule has 2 N–H and O–H groups in total. The minimum Gasteiger partial charge on any atom is -0.435 e. The summed E-state index contributed by atoms with van der Waals surface area (Å²) in [5.41, 5.74) is 0.857. The van der Waals surface area contributed by atoms with Gasteiger partial charge in [-0.1, -0.05) is 12.1 Å². The highest BCUT2D eigenvalue weighted by Crippen LogP contribution is 2.16. The van der Waals surface area contributed by atoms with Gasteiger partial charge < -0.3 is 15.4 Å². The first kappa shape index (κ1) is 15.7. The van der Waals surface area contributed by atoms with E-state index in [0.717, 1.165) is 31.5 Å². The van der Waals surface area contributed by atoms with Crippen LogP contribution in [0.1, 0.15) is 24.8 Å². The third kappa shape index (κ3) is 5.67. The monoisotopic (exact) mass is 298 g/mol. The number of hydrogen-bond acceptors (Lipinski definition) is 3. The van der Waals surface area contributed by atoms with Gasteiger partial charge in [-0.05, 0) is 49.5 Å². The third-order valence-corrected chi connectivity index (χ3v) is 3.57. The molecule has 1 heterocycles. The maximum absolute atomic E-state index is 12.0. The average molecular weight is 298 g/mol. The molecule has 1 aliphatic heterocycles. The van der Waals surface area contributed by atoms with E-state index in [1.165, 1.54) is 12.1 Å². The molecule has 6 heteroatoms. The Hall–Kier alpha value is -1.69. The van der Waals surface area contributed by atoms with Crippen LogP contribution in [0.25, 0.3) is 0 Å². The Morgan fingerprint density at radius 3 is 2.57 bits per heavy atom. The molecule has 1 amide bonds. The van der Waals surface area contributed by atoms with Gasteiger partial charge >= 0.3 is 6.61 Å². The van der Waals surface area contributed by atoms with Gasteiger partial charge in [-0.15, -0.1) is 0 Å². The Balaban J connectivity index is 1.73. The van der Waals surface area contributed by atoms with Crippen molar-refractivity contribution in [1.82, 2.24) is 10.6 Å². The molecule has 1 fully saturated rings. The Kier molecular flexibility index (Phi) is 5.92. The zero-order chi connectivity index (χ0) is 15.1. The molecule has 1 aromatic rings. The standard InChI is InChI=1S/C15H20F2N2O2/c16-15(17)21-13-3-1-12(2-4-13)10-19-14(20)9-11-5-7-18-8-6-11/h1-4,11,15,18H,5-10H2,(H,19,20). The molecular weight excluding hydrogens is 278 g/mol. The van der Waals surface area contributed by atoms with Crippen LogP contribution in [-0.2, 0) is 11.3 Å². The predicted molar refractivity (Wildman–Crippen MR) is 75.1 cm³/mol. The first-order valence-electron chi connectivity index (χ1n) is 7.14. The maximum Gasteiger partial charge on any atom is 0.387 e. The van der Waals surface area contributed by atoms with Crippen LogP contribution in [0, 0.1) is 5.92 Å². The van der Waals surface area contributed by atoms with Gasteiger partial charge in [0.05, 0.1) is 0 Å². The smallest absolute Gasteiger partial charge is 0.387 e. The van der Waals surface area contributed by atoms with Crippen molar-refractivity contribution in [2.45, 2.75) is 32.4 Å². The fourth-order valence-electron chi connectivity index (χ4n) is 2.41. The molecule has 0 bridgehead atoms. The first-order chi connectivity index (χ1) is 10.1. The highest BCUT2D eigenvalue weighted by atomic mass is 19.3. The first-order valence-corrected chi connectivity index (χ1v) is 7.14. The van der Waals surface area contributed by atoms with Gasteiger partial charge in [0, 0.05) is 13.0 Å². The van der Waals surface area contributed by atoms with Crippen molar-refractivity contribution >= 4 is 5.91 Å². The van der Waals surface area contributed by atoms with Gasteiger partial charge in [0.2, 0.25) is 5.91 Å². The minimum absolute atomic E-state index is 0.0369. The van der Waals surface area contributed by atoms with Crippen LogP contribution in [0.2, 0.25) is 0 Å². The van der Waals surface area contributed by atoms with E-state index in [1.807, 2.05) is 0 Å². The quantitative estimate of drug-likeness (QED) is 0.847. The van der Waals surface area contributed by atoms with Crippen molar-refractivity contribution < 1.29 is 18.3 Å². The second-order valence-electron chi connectivity index (χ2n) is 5.20. The van der Waals surface area contributed by atoms with Gasteiger partial charge in [-0.25, -0.2) is 0 Å². The van der Waals surface area contributed by atoms with E-state index in [0.29, 0.717) is 18.9 Å². The zero-order valence-electron chi connectivity index (χ0n) is 11.8. The molecule has 21 heavy (non-hydrogen) atoms. The summed E-state index contributed by atoms with van der Waals surface area (Å²) in [7, 11) is 0. The van der Waals surface area contributed by atoms with Crippen molar-refractivity contribution in [3.8, 4) is 5.75 Å². The number of amides is 1. The van der Waals surface area contributed by atoms with Crippen molar-refractivity contribution in [3.05, 3.63) is 29.8 Å². The van der Waals surface area contributed by atoms with Crippen molar-refractivity contribution in [2.24, 2.45) is 5.92 Å². The van der Waals surface area contributed by atoms with Gasteiger partial charge in [-0.2, -0.15) is 8.78 Å². The molecule has 0 radical (unpaired) electrons. The number of carbonyl (C=O) groups is 1. The van der Waals surface area contributed by atoms with Crippen molar-refractivity contribution in [2.75, 3.05) is 13.1 Å². The zero-order valence-corrected chi connectivity index (χ0v) is 11.8. The van der Waals surface area contributed by atoms with Crippen molar-refractivity contribution in [3.63, 3.8) is 0 Å². The topological polar surface area (TPSA) is 50.4 Å². The Labute approximate surface area is 122 Å². The van der Waals surface area contributed by atoms with E-state index in [4.69, 9.17) is 0 Å². The molecule has 1 aliphatic rings. The predicted octanol–water partition coefficient (Wildman–Crippen LogP) is 2.29. The lowest BCUT2D eigenvalue weighted by molar-refractivity contribution is -0.122. The molecule has 4 nitrogen and oxygen atoms in total. The molecule has 0 saturated carbocycles. The SMILES string of the molecule is O=C(CC1CCNCC1)NCc1ccc(OC(F)F)cc1. The molecule has 1 aromatic carbocycles. The number of ether oxygens (including phenoxy) is 1. The van der Waals surface area contributed by atoms with E-state index in [2.05, 4.69) is 15.4 Å². The second-order valence-corrected chi connectivity index (χ2v) is 5.20. The second kappa shape index (κ2) is 7.93. The van der Waals surface area contributed by atoms with E-state index in [1.54, 1.807) is 12.1 Å². The summed E-state index contributed by atoms with van der Waals surface area (Å²) < 4.78 is 28.3. The summed E-state index contributed by atoms with van der Waals surface area (Å²) >= 11 is 0. The summed E-state index contributed by atoms with van der Waals surface area (Å²) in [5.74, 6) is 0.609. The number of hydrogen-bond donors (Lipinski definition) is 2. The highest BCUT2D eigenvalue weighted by molar-refractivity contribution is 5.76. The van der Waals surface area contributed by atoms with E-state index in [-0.39, 0.29) is 11.7 Å². The normalized spacial score (nSPS) is 16.0. The molecule has 116 valence electrons. The summed E-state index contributed by atoms with van der Waals surface area (Å²) in [5, 5.41) is 6.13. The van der Waals surface area contributed by atoms with Crippen LogP contribution in [0.3, 0.4) is 0 Å². The lowest BCUT2D eigenvalue weighted by Crippen LogP contribution is -2.32. The number of nitrogens with one attached hydrogen (secondary N) is 2. The molecule has 0 aromatic heterocycles. The van der Waals surface area contributed by atoms with Crippen LogP contribution < -0.4 is 15.4 Å². The number of alkyl halides is 2. The summed E-state index contributed by atoms with van der Waals surface area (Å²) in [4.78, 5) is 11.8. The fourth-order valence-corrected chi connectivity index (χ4v) is 2.41. The van der Waals surface area contributed by atoms with E-state index in [9.17, 15) is 13.6 Å². The summed E-state index contributed by atoms with van der Waals surface area (Å²) in [6, 6.07) is 6.28. The molecule has 0 atom stereocenters. The highest BCUT2D eigenvalue weighted by Gasteiger charge is 2.16. The Morgan fingerprint density at radius 1 is 1.29 bits per heavy atom. The van der Waals surface area contributed by atoms with Gasteiger partial charge in [0.1, 0.15) is 5.75 Å². The minimum atomic E-state index is -2.82. The van der Waals surface area contributed by atoms with Crippen LogP contribution in [0.15, 0.2) is 24.3 Å². The van der Waals surface area contributed by atoms with Gasteiger partial charge in [-0.3, -0.25) is 4.79 Å². The number of halogens is 2. The number of carbonyl (C=O) groups excluding carboxylic acids is 1. The van der Waals surface area contributed by atoms with Crippen LogP contribution in [-0.4, -0.2) is 25.6 Å². The van der Waals surface area contributed by atoms with Crippen molar-refractivity contribution in [1.29, 1.82) is 0 Å². The maximum atomic E-state index is 12.0. The van der Waals surface area contributed by atoms with E-state index >= 15 is 0 Å². The third-order valence-electron chi connectivity index (χ3n) is 3.57. The van der Waals surface area contributed by atoms with Crippen LogP contribution in [0.5, 0.6) is 5.75 Å². The Morgan fingerprint density at radius 2 is 1.95 bits per heavy atom. The van der Waals surface area contributed by atoms with Gasteiger partial charge in [0.25, 0.3) is 0 Å². The largest absolute Gasteiger partial charge is 0.435 e. The van der Waals surface area contributed by atoms with Crippen LogP contribution >= 0.6 is 0 Å². The lowest BCUT2D eigenvalue weighted by atomic mass is 9.94. The van der Waals surface area contributed by atoms with Crippen LogP contribution in [0.4, 0.5) is 8.78 Å². The summed E-state index contributed by atoms with van der Waals surface area (Å²) in [6.07, 6.45) is 2.62. The molecule has 0 spiro atoms. The molecule has 1 saturated heterocycles. The molecule has 2 rings (SSSR count). The fraction of sp³-hybridized carbons (Fsp3) is 0.533. The Bertz CT molecular complexity index is 445. The molecule has 0 aliphatic carbocycles.